The fraction of sp³-hybridized carbons (Fsp3) is 0.567. The third-order valence-electron chi connectivity index (χ3n) is 5.76. The first kappa shape index (κ1) is 35.2. The molecule has 5 nitrogen and oxygen atoms in total. The second-order valence-electron chi connectivity index (χ2n) is 8.33. The summed E-state index contributed by atoms with van der Waals surface area (Å²) >= 11 is 3.73. The zero-order valence-corrected chi connectivity index (χ0v) is 26.0. The molecule has 3 rings (SSSR count). The summed E-state index contributed by atoms with van der Waals surface area (Å²) in [5.41, 5.74) is 9.38. The maximum Gasteiger partial charge on any atom is 0.204 e. The van der Waals surface area contributed by atoms with E-state index in [1.807, 2.05) is 25.6 Å². The van der Waals surface area contributed by atoms with E-state index in [4.69, 9.17) is 4.79 Å². The highest BCUT2D eigenvalue weighted by Gasteiger charge is 2.15. The number of nitrogens with zero attached hydrogens (tertiary/aromatic N) is 2. The molecule has 7 heteroatoms. The molecule has 0 aliphatic carbocycles. The van der Waals surface area contributed by atoms with E-state index in [0.29, 0.717) is 0 Å². The third kappa shape index (κ3) is 14.0. The SMILES string of the molecule is CC.CCCC.CCCCCSc1ccc(-c2cc(N3CCNCC3)ccc2N(C)SC)cc1.NC=O. The molecular weight excluding hydrogens is 496 g/mol. The molecular formula is C30H52N4OS2. The van der Waals surface area contributed by atoms with Crippen LogP contribution >= 0.6 is 23.7 Å². The maximum absolute atomic E-state index is 8.58. The smallest absolute Gasteiger partial charge is 0.204 e. The maximum atomic E-state index is 8.58. The van der Waals surface area contributed by atoms with Crippen LogP contribution in [0.1, 0.15) is 66.7 Å². The molecule has 2 aromatic carbocycles. The van der Waals surface area contributed by atoms with Crippen molar-refractivity contribution in [2.45, 2.75) is 71.6 Å². The van der Waals surface area contributed by atoms with Crippen LogP contribution in [-0.4, -0.2) is 51.6 Å². The summed E-state index contributed by atoms with van der Waals surface area (Å²) in [6.07, 6.45) is 8.94. The second-order valence-corrected chi connectivity index (χ2v) is 10.4. The summed E-state index contributed by atoms with van der Waals surface area (Å²) in [7, 11) is 2.14. The Labute approximate surface area is 236 Å². The molecule has 1 aliphatic rings. The van der Waals surface area contributed by atoms with Crippen LogP contribution in [0.5, 0.6) is 0 Å². The standard InChI is InChI=1S/C23H33N3S2.C4H10.C2H6.CH3NO/c1-4-5-6-17-28-21-10-7-19(8-11-21)22-18-20(26-15-13-24-14-16-26)9-12-23(22)25(2)27-3;1-3-4-2;1-2;2-1-3/h7-12,18,24H,4-6,13-17H2,1-3H3;3-4H2,1-2H3;1-2H3;1H,(H2,2,3). The zero-order valence-electron chi connectivity index (χ0n) is 24.4. The van der Waals surface area contributed by atoms with Gasteiger partial charge >= 0.3 is 0 Å². The number of unbranched alkanes of at least 4 members (excludes halogenated alkanes) is 3. The van der Waals surface area contributed by atoms with E-state index in [1.165, 1.54) is 65.3 Å². The Morgan fingerprint density at radius 3 is 2.08 bits per heavy atom. The Balaban J connectivity index is 0.00000126. The molecule has 210 valence electrons. The topological polar surface area (TPSA) is 61.6 Å². The first-order valence-corrected chi connectivity index (χ1v) is 16.0. The molecule has 2 aromatic rings. The van der Waals surface area contributed by atoms with E-state index in [9.17, 15) is 0 Å². The molecule has 1 aliphatic heterocycles. The molecule has 0 aromatic heterocycles. The van der Waals surface area contributed by atoms with Crippen LogP contribution in [0.2, 0.25) is 0 Å². The van der Waals surface area contributed by atoms with Gasteiger partial charge < -0.3 is 20.3 Å². The number of thioether (sulfide) groups is 1. The minimum Gasteiger partial charge on any atom is -0.372 e. The molecule has 0 unspecified atom stereocenters. The number of nitrogens with one attached hydrogen (secondary N) is 1. The van der Waals surface area contributed by atoms with Crippen molar-refractivity contribution in [1.29, 1.82) is 0 Å². The summed E-state index contributed by atoms with van der Waals surface area (Å²) in [5.74, 6) is 1.21. The lowest BCUT2D eigenvalue weighted by molar-refractivity contribution is -0.106. The number of carbonyl (C=O) groups is 1. The van der Waals surface area contributed by atoms with Crippen molar-refractivity contribution in [3.8, 4) is 11.1 Å². The monoisotopic (exact) mass is 548 g/mol. The summed E-state index contributed by atoms with van der Waals surface area (Å²) in [5, 5.41) is 3.44. The third-order valence-corrected chi connectivity index (χ3v) is 7.60. The van der Waals surface area contributed by atoms with Crippen LogP contribution in [0, 0.1) is 0 Å². The molecule has 37 heavy (non-hydrogen) atoms. The van der Waals surface area contributed by atoms with Gasteiger partial charge in [-0.1, -0.05) is 84.4 Å². The highest BCUT2D eigenvalue weighted by atomic mass is 32.2. The molecule has 0 bridgehead atoms. The summed E-state index contributed by atoms with van der Waals surface area (Å²) < 4.78 is 2.25. The van der Waals surface area contributed by atoms with Gasteiger partial charge in [0.15, 0.2) is 0 Å². The zero-order chi connectivity index (χ0) is 27.9. The van der Waals surface area contributed by atoms with E-state index in [-0.39, 0.29) is 6.41 Å². The highest BCUT2D eigenvalue weighted by molar-refractivity contribution is 8.00. The Morgan fingerprint density at radius 1 is 0.973 bits per heavy atom. The second kappa shape index (κ2) is 23.3. The number of piperazine rings is 1. The van der Waals surface area contributed by atoms with Gasteiger partial charge in [-0.2, -0.15) is 0 Å². The predicted molar refractivity (Wildman–Crippen MR) is 171 cm³/mol. The van der Waals surface area contributed by atoms with Crippen molar-refractivity contribution in [3.05, 3.63) is 42.5 Å². The van der Waals surface area contributed by atoms with E-state index in [1.54, 1.807) is 11.9 Å². The molecule has 0 saturated carbocycles. The van der Waals surface area contributed by atoms with Crippen LogP contribution in [-0.2, 0) is 4.79 Å². The number of benzene rings is 2. The van der Waals surface area contributed by atoms with Crippen LogP contribution in [0.3, 0.4) is 0 Å². The van der Waals surface area contributed by atoms with Crippen molar-refractivity contribution < 1.29 is 4.79 Å². The highest BCUT2D eigenvalue weighted by Crippen LogP contribution is 2.37. The molecule has 1 fully saturated rings. The van der Waals surface area contributed by atoms with E-state index < -0.39 is 0 Å². The number of primary amides is 1. The summed E-state index contributed by atoms with van der Waals surface area (Å²) in [6.45, 7) is 14.9. The lowest BCUT2D eigenvalue weighted by Gasteiger charge is -2.31. The van der Waals surface area contributed by atoms with Crippen molar-refractivity contribution in [3.63, 3.8) is 0 Å². The summed E-state index contributed by atoms with van der Waals surface area (Å²) in [6, 6.07) is 16.1. The molecule has 1 saturated heterocycles. The van der Waals surface area contributed by atoms with Gasteiger partial charge in [-0.25, -0.2) is 0 Å². The first-order chi connectivity index (χ1) is 18.1. The number of hydrogen-bond acceptors (Lipinski definition) is 6. The van der Waals surface area contributed by atoms with Gasteiger partial charge in [0, 0.05) is 55.6 Å². The Kier molecular flexibility index (Phi) is 22.1. The first-order valence-electron chi connectivity index (χ1n) is 13.8. The molecule has 1 heterocycles. The fourth-order valence-electron chi connectivity index (χ4n) is 3.52. The molecule has 0 spiro atoms. The van der Waals surface area contributed by atoms with E-state index in [0.717, 1.165) is 26.2 Å². The lowest BCUT2D eigenvalue weighted by atomic mass is 10.0. The Hall–Kier alpha value is -1.83. The molecule has 0 radical (unpaired) electrons. The van der Waals surface area contributed by atoms with Crippen LogP contribution < -0.4 is 20.3 Å². The lowest BCUT2D eigenvalue weighted by Crippen LogP contribution is -2.43. The molecule has 0 atom stereocenters. The van der Waals surface area contributed by atoms with E-state index in [2.05, 4.69) is 96.8 Å². The minimum atomic E-state index is 0.250. The van der Waals surface area contributed by atoms with Gasteiger partial charge in [-0.05, 0) is 48.1 Å². The Bertz CT molecular complexity index is 810. The average molecular weight is 549 g/mol. The average Bonchev–Trinajstić information content (AvgIpc) is 2.97. The van der Waals surface area contributed by atoms with Crippen molar-refractivity contribution in [2.75, 3.05) is 54.4 Å². The van der Waals surface area contributed by atoms with Crippen LogP contribution in [0.15, 0.2) is 47.4 Å². The number of amides is 1. The minimum absolute atomic E-state index is 0.250. The van der Waals surface area contributed by atoms with Crippen molar-refractivity contribution in [2.24, 2.45) is 5.73 Å². The quantitative estimate of drug-likeness (QED) is 0.137. The van der Waals surface area contributed by atoms with Crippen molar-refractivity contribution >= 4 is 41.5 Å². The van der Waals surface area contributed by atoms with Crippen LogP contribution in [0.25, 0.3) is 11.1 Å². The summed E-state index contributed by atoms with van der Waals surface area (Å²) in [4.78, 5) is 12.4. The van der Waals surface area contributed by atoms with Gasteiger partial charge in [0.1, 0.15) is 0 Å². The largest absolute Gasteiger partial charge is 0.372 e. The van der Waals surface area contributed by atoms with Crippen molar-refractivity contribution in [1.82, 2.24) is 5.32 Å². The van der Waals surface area contributed by atoms with Gasteiger partial charge in [0.05, 0.1) is 5.69 Å². The van der Waals surface area contributed by atoms with E-state index >= 15 is 0 Å². The molecule has 3 N–H and O–H groups in total. The van der Waals surface area contributed by atoms with Gasteiger partial charge in [0.2, 0.25) is 6.41 Å². The molecule has 1 amide bonds. The number of anilines is 2. The number of carbonyl (C=O) groups excluding carboxylic acids is 1. The van der Waals surface area contributed by atoms with Gasteiger partial charge in [-0.3, -0.25) is 4.79 Å². The van der Waals surface area contributed by atoms with Crippen LogP contribution in [0.4, 0.5) is 11.4 Å². The normalized spacial score (nSPS) is 12.1. The number of hydrogen-bond donors (Lipinski definition) is 2. The number of nitrogens with two attached hydrogens (primary N) is 1. The Morgan fingerprint density at radius 2 is 1.57 bits per heavy atom. The fourth-order valence-corrected chi connectivity index (χ4v) is 4.79. The predicted octanol–water partition coefficient (Wildman–Crippen LogP) is 7.69. The number of rotatable bonds is 10. The van der Waals surface area contributed by atoms with Gasteiger partial charge in [0.25, 0.3) is 0 Å². The van der Waals surface area contributed by atoms with Gasteiger partial charge in [-0.15, -0.1) is 11.8 Å².